The zero-order chi connectivity index (χ0) is 23.2. The third kappa shape index (κ3) is 6.16. The minimum Gasteiger partial charge on any atom is -0.493 e. The van der Waals surface area contributed by atoms with E-state index in [1.54, 1.807) is 18.2 Å². The Bertz CT molecular complexity index is 951. The van der Waals surface area contributed by atoms with Crippen molar-refractivity contribution < 1.29 is 18.7 Å². The monoisotopic (exact) mass is 475 g/mol. The maximum Gasteiger partial charge on any atom is 0.255 e. The van der Waals surface area contributed by atoms with E-state index in [4.69, 9.17) is 21.1 Å². The standard InChI is InChI=1S/C25H31ClFN3O3/c1-2-32-24-14-23(30-9-3-4-10-30)22(26)13-21(24)25(31)28-15-20-17-29(11-12-33-20)16-18-5-7-19(27)8-6-18/h5-8,13-14,20H,2-4,9-12,15-17H2,1H3,(H,28,31). The van der Waals surface area contributed by atoms with Crippen LogP contribution in [-0.2, 0) is 11.3 Å². The Labute approximate surface area is 199 Å². The highest BCUT2D eigenvalue weighted by Gasteiger charge is 2.24. The largest absolute Gasteiger partial charge is 0.493 e. The number of halogens is 2. The van der Waals surface area contributed by atoms with Gasteiger partial charge in [-0.15, -0.1) is 0 Å². The molecule has 0 saturated carbocycles. The van der Waals surface area contributed by atoms with Crippen LogP contribution in [0.25, 0.3) is 0 Å². The highest BCUT2D eigenvalue weighted by molar-refractivity contribution is 6.33. The van der Waals surface area contributed by atoms with E-state index in [0.717, 1.165) is 50.3 Å². The van der Waals surface area contributed by atoms with Gasteiger partial charge in [-0.3, -0.25) is 9.69 Å². The molecule has 2 aliphatic heterocycles. The molecule has 0 radical (unpaired) electrons. The molecule has 2 aromatic rings. The first-order valence-electron chi connectivity index (χ1n) is 11.6. The van der Waals surface area contributed by atoms with Gasteiger partial charge in [-0.1, -0.05) is 23.7 Å². The summed E-state index contributed by atoms with van der Waals surface area (Å²) in [7, 11) is 0. The molecule has 0 bridgehead atoms. The van der Waals surface area contributed by atoms with Crippen molar-refractivity contribution in [2.75, 3.05) is 50.8 Å². The Morgan fingerprint density at radius 3 is 2.70 bits per heavy atom. The number of rotatable bonds is 8. The van der Waals surface area contributed by atoms with E-state index in [1.165, 1.54) is 12.1 Å². The predicted octanol–water partition coefficient (Wildman–Crippen LogP) is 4.11. The molecule has 178 valence electrons. The number of anilines is 1. The highest BCUT2D eigenvalue weighted by Crippen LogP contribution is 2.35. The molecule has 0 spiro atoms. The summed E-state index contributed by atoms with van der Waals surface area (Å²) in [6.45, 7) is 7.46. The van der Waals surface area contributed by atoms with Gasteiger partial charge < -0.3 is 19.7 Å². The Morgan fingerprint density at radius 1 is 1.21 bits per heavy atom. The maximum absolute atomic E-state index is 13.2. The van der Waals surface area contributed by atoms with Crippen LogP contribution in [0.5, 0.6) is 5.75 Å². The second-order valence-electron chi connectivity index (χ2n) is 8.49. The lowest BCUT2D eigenvalue weighted by Crippen LogP contribution is -2.47. The number of hydrogen-bond acceptors (Lipinski definition) is 5. The first kappa shape index (κ1) is 23.8. The van der Waals surface area contributed by atoms with Gasteiger partial charge in [0.2, 0.25) is 0 Å². The average Bonchev–Trinajstić information content (AvgIpc) is 3.35. The number of hydrogen-bond donors (Lipinski definition) is 1. The van der Waals surface area contributed by atoms with Crippen molar-refractivity contribution >= 4 is 23.2 Å². The van der Waals surface area contributed by atoms with E-state index in [2.05, 4.69) is 15.1 Å². The number of morpholine rings is 1. The molecule has 1 atom stereocenters. The Kier molecular flexibility index (Phi) is 8.06. The minimum atomic E-state index is -0.235. The van der Waals surface area contributed by atoms with E-state index in [1.807, 2.05) is 13.0 Å². The van der Waals surface area contributed by atoms with Gasteiger partial charge in [0.15, 0.2) is 0 Å². The molecule has 0 aliphatic carbocycles. The summed E-state index contributed by atoms with van der Waals surface area (Å²) < 4.78 is 24.8. The molecule has 8 heteroatoms. The fraction of sp³-hybridized carbons (Fsp3) is 0.480. The number of nitrogens with zero attached hydrogens (tertiary/aromatic N) is 2. The van der Waals surface area contributed by atoms with E-state index >= 15 is 0 Å². The molecule has 1 amide bonds. The number of ether oxygens (including phenoxy) is 2. The summed E-state index contributed by atoms with van der Waals surface area (Å²) >= 11 is 6.55. The van der Waals surface area contributed by atoms with Gasteiger partial charge in [0, 0.05) is 45.3 Å². The van der Waals surface area contributed by atoms with Gasteiger partial charge in [-0.25, -0.2) is 4.39 Å². The maximum atomic E-state index is 13.2. The van der Waals surface area contributed by atoms with Gasteiger partial charge in [0.1, 0.15) is 11.6 Å². The Balaban J connectivity index is 1.37. The lowest BCUT2D eigenvalue weighted by atomic mass is 10.1. The molecule has 0 aromatic heterocycles. The Morgan fingerprint density at radius 2 is 1.97 bits per heavy atom. The number of carbonyl (C=O) groups is 1. The summed E-state index contributed by atoms with van der Waals surface area (Å²) in [4.78, 5) is 17.5. The molecule has 2 fully saturated rings. The summed E-state index contributed by atoms with van der Waals surface area (Å²) in [6, 6.07) is 10.1. The van der Waals surface area contributed by atoms with Crippen LogP contribution in [-0.4, -0.2) is 62.8 Å². The predicted molar refractivity (Wildman–Crippen MR) is 128 cm³/mol. The van der Waals surface area contributed by atoms with Gasteiger partial charge in [0.25, 0.3) is 5.91 Å². The molecule has 2 aromatic carbocycles. The number of nitrogens with one attached hydrogen (secondary N) is 1. The van der Waals surface area contributed by atoms with Crippen molar-refractivity contribution in [1.82, 2.24) is 10.2 Å². The van der Waals surface area contributed by atoms with Crippen LogP contribution in [0.15, 0.2) is 36.4 Å². The van der Waals surface area contributed by atoms with Crippen molar-refractivity contribution in [3.05, 3.63) is 58.4 Å². The quantitative estimate of drug-likeness (QED) is 0.622. The second kappa shape index (κ2) is 11.2. The van der Waals surface area contributed by atoms with Crippen LogP contribution in [0.1, 0.15) is 35.7 Å². The minimum absolute atomic E-state index is 0.127. The molecule has 4 rings (SSSR count). The van der Waals surface area contributed by atoms with E-state index in [-0.39, 0.29) is 17.8 Å². The molecule has 2 saturated heterocycles. The van der Waals surface area contributed by atoms with Gasteiger partial charge in [-0.05, 0) is 43.5 Å². The fourth-order valence-corrected chi connectivity index (χ4v) is 4.68. The van der Waals surface area contributed by atoms with Crippen molar-refractivity contribution in [2.45, 2.75) is 32.4 Å². The first-order valence-corrected chi connectivity index (χ1v) is 12.0. The van der Waals surface area contributed by atoms with E-state index < -0.39 is 0 Å². The van der Waals surface area contributed by atoms with Gasteiger partial charge in [-0.2, -0.15) is 0 Å². The summed E-state index contributed by atoms with van der Waals surface area (Å²) in [5.74, 6) is 0.0812. The first-order chi connectivity index (χ1) is 16.0. The molecule has 1 unspecified atom stereocenters. The fourth-order valence-electron chi connectivity index (χ4n) is 4.39. The smallest absolute Gasteiger partial charge is 0.255 e. The SMILES string of the molecule is CCOc1cc(N2CCCC2)c(Cl)cc1C(=O)NCC1CN(Cc2ccc(F)cc2)CCO1. The van der Waals surface area contributed by atoms with Crippen LogP contribution >= 0.6 is 11.6 Å². The third-order valence-electron chi connectivity index (χ3n) is 6.07. The van der Waals surface area contributed by atoms with Crippen molar-refractivity contribution in [2.24, 2.45) is 0 Å². The molecular weight excluding hydrogens is 445 g/mol. The average molecular weight is 476 g/mol. The van der Waals surface area contributed by atoms with Crippen molar-refractivity contribution in [1.29, 1.82) is 0 Å². The van der Waals surface area contributed by atoms with Crippen LogP contribution in [0.3, 0.4) is 0 Å². The molecular formula is C25H31ClFN3O3. The van der Waals surface area contributed by atoms with Crippen molar-refractivity contribution in [3.8, 4) is 5.75 Å². The van der Waals surface area contributed by atoms with Gasteiger partial charge >= 0.3 is 0 Å². The second-order valence-corrected chi connectivity index (χ2v) is 8.90. The molecule has 33 heavy (non-hydrogen) atoms. The summed E-state index contributed by atoms with van der Waals surface area (Å²) in [5.41, 5.74) is 2.40. The molecule has 2 aliphatic rings. The zero-order valence-electron chi connectivity index (χ0n) is 19.0. The molecule has 6 nitrogen and oxygen atoms in total. The third-order valence-corrected chi connectivity index (χ3v) is 6.38. The van der Waals surface area contributed by atoms with E-state index in [9.17, 15) is 9.18 Å². The normalized spacial score (nSPS) is 19.0. The highest BCUT2D eigenvalue weighted by atomic mass is 35.5. The zero-order valence-corrected chi connectivity index (χ0v) is 19.7. The number of carbonyl (C=O) groups excluding carboxylic acids is 1. The Hall–Kier alpha value is -2.35. The lowest BCUT2D eigenvalue weighted by molar-refractivity contribution is -0.0292. The summed E-state index contributed by atoms with van der Waals surface area (Å²) in [5, 5.41) is 3.54. The molecule has 1 N–H and O–H groups in total. The number of benzene rings is 2. The van der Waals surface area contributed by atoms with Crippen LogP contribution in [0.2, 0.25) is 5.02 Å². The van der Waals surface area contributed by atoms with Crippen molar-refractivity contribution in [3.63, 3.8) is 0 Å². The number of amides is 1. The lowest BCUT2D eigenvalue weighted by Gasteiger charge is -2.33. The van der Waals surface area contributed by atoms with Crippen LogP contribution in [0.4, 0.5) is 10.1 Å². The van der Waals surface area contributed by atoms with Gasteiger partial charge in [0.05, 0.1) is 35.6 Å². The van der Waals surface area contributed by atoms with E-state index in [0.29, 0.717) is 42.6 Å². The molecule has 2 heterocycles. The van der Waals surface area contributed by atoms with Crippen LogP contribution in [0, 0.1) is 5.82 Å². The summed E-state index contributed by atoms with van der Waals surface area (Å²) in [6.07, 6.45) is 2.16. The topological polar surface area (TPSA) is 54.0 Å². The van der Waals surface area contributed by atoms with Crippen LogP contribution < -0.4 is 15.0 Å².